The highest BCUT2D eigenvalue weighted by Gasteiger charge is 2.41. The van der Waals surface area contributed by atoms with Crippen molar-refractivity contribution in [3.63, 3.8) is 0 Å². The first-order chi connectivity index (χ1) is 5.05. The van der Waals surface area contributed by atoms with Crippen LogP contribution in [0, 0.1) is 17.8 Å². The van der Waals surface area contributed by atoms with Gasteiger partial charge < -0.3 is 0 Å². The average Bonchev–Trinajstić information content (AvgIpc) is 1.84. The predicted octanol–water partition coefficient (Wildman–Crippen LogP) is 0.825. The maximum atomic E-state index is 2.41. The van der Waals surface area contributed by atoms with Gasteiger partial charge in [-0.1, -0.05) is 12.1 Å². The van der Waals surface area contributed by atoms with Gasteiger partial charge in [0.05, 0.1) is 15.7 Å². The fourth-order valence-corrected chi connectivity index (χ4v) is 2.87. The molecule has 3 aliphatic rings. The molecule has 0 aliphatic heterocycles. The standard InChI is InChI=1S/C9H18B2/c1-9(10,11)8-4-6-2-7(3-6)5-8/h6-8H,2-5,10-11H2,1H3. The summed E-state index contributed by atoms with van der Waals surface area (Å²) in [5.74, 6) is 3.27. The normalized spacial score (nSPS) is 43.2. The van der Waals surface area contributed by atoms with Gasteiger partial charge in [0, 0.05) is 0 Å². The predicted molar refractivity (Wildman–Crippen MR) is 54.4 cm³/mol. The number of hydrogen-bond acceptors (Lipinski definition) is 0. The molecular weight excluding hydrogens is 130 g/mol. The highest BCUT2D eigenvalue weighted by molar-refractivity contribution is 6.39. The average molecular weight is 148 g/mol. The van der Waals surface area contributed by atoms with Crippen LogP contribution in [0.2, 0.25) is 5.21 Å². The third-order valence-corrected chi connectivity index (χ3v) is 3.79. The zero-order valence-corrected chi connectivity index (χ0v) is 8.06. The van der Waals surface area contributed by atoms with E-state index in [1.807, 2.05) is 0 Å². The van der Waals surface area contributed by atoms with Crippen LogP contribution in [0.5, 0.6) is 0 Å². The Morgan fingerprint density at radius 2 is 1.45 bits per heavy atom. The van der Waals surface area contributed by atoms with Crippen LogP contribution in [0.3, 0.4) is 0 Å². The van der Waals surface area contributed by atoms with E-state index in [9.17, 15) is 0 Å². The molecule has 0 aromatic rings. The third-order valence-electron chi connectivity index (χ3n) is 3.79. The van der Waals surface area contributed by atoms with Crippen molar-refractivity contribution >= 4 is 15.7 Å². The summed E-state index contributed by atoms with van der Waals surface area (Å²) < 4.78 is 0. The molecule has 0 nitrogen and oxygen atoms in total. The molecule has 0 unspecified atom stereocenters. The zero-order valence-electron chi connectivity index (χ0n) is 8.06. The van der Waals surface area contributed by atoms with Crippen molar-refractivity contribution in [1.82, 2.24) is 0 Å². The first-order valence-corrected chi connectivity index (χ1v) is 5.05. The van der Waals surface area contributed by atoms with Gasteiger partial charge in [0.25, 0.3) is 0 Å². The second kappa shape index (κ2) is 2.31. The van der Waals surface area contributed by atoms with Gasteiger partial charge in [-0.25, -0.2) is 0 Å². The quantitative estimate of drug-likeness (QED) is 0.483. The smallest absolute Gasteiger partial charge is 0.0845 e. The van der Waals surface area contributed by atoms with E-state index in [1.165, 1.54) is 12.8 Å². The second-order valence-corrected chi connectivity index (χ2v) is 5.74. The lowest BCUT2D eigenvalue weighted by Gasteiger charge is -2.49. The molecule has 0 saturated heterocycles. The Balaban J connectivity index is 1.97. The fraction of sp³-hybridized carbons (Fsp3) is 1.00. The van der Waals surface area contributed by atoms with Crippen LogP contribution >= 0.6 is 0 Å². The lowest BCUT2D eigenvalue weighted by molar-refractivity contribution is 0.0607. The summed E-state index contributed by atoms with van der Waals surface area (Å²) in [5.41, 5.74) is 0. The monoisotopic (exact) mass is 148 g/mol. The molecule has 0 heterocycles. The topological polar surface area (TPSA) is 0 Å². The lowest BCUT2D eigenvalue weighted by atomic mass is 9.43. The van der Waals surface area contributed by atoms with Crippen LogP contribution in [0.15, 0.2) is 0 Å². The largest absolute Gasteiger partial charge is 0.0992 e. The second-order valence-electron chi connectivity index (χ2n) is 5.74. The Morgan fingerprint density at radius 3 is 1.73 bits per heavy atom. The number of fused-ring (bicyclic) bond motifs is 2. The molecule has 2 bridgehead atoms. The first kappa shape index (κ1) is 7.76. The van der Waals surface area contributed by atoms with Gasteiger partial charge in [0.2, 0.25) is 0 Å². The van der Waals surface area contributed by atoms with E-state index in [0.717, 1.165) is 17.8 Å². The molecule has 3 aliphatic carbocycles. The fourth-order valence-electron chi connectivity index (χ4n) is 2.87. The minimum atomic E-state index is 0.581. The van der Waals surface area contributed by atoms with E-state index < -0.39 is 0 Å². The van der Waals surface area contributed by atoms with E-state index in [1.54, 1.807) is 12.8 Å². The van der Waals surface area contributed by atoms with E-state index in [4.69, 9.17) is 0 Å². The van der Waals surface area contributed by atoms with Gasteiger partial charge in [0.1, 0.15) is 0 Å². The van der Waals surface area contributed by atoms with Crippen LogP contribution in [0.25, 0.3) is 0 Å². The van der Waals surface area contributed by atoms with Crippen LogP contribution in [-0.2, 0) is 0 Å². The molecule has 3 rings (SSSR count). The molecule has 0 aromatic carbocycles. The molecule has 3 saturated carbocycles. The summed E-state index contributed by atoms with van der Waals surface area (Å²) in [6.45, 7) is 2.41. The minimum Gasteiger partial charge on any atom is -0.0845 e. The molecule has 3 fully saturated rings. The van der Waals surface area contributed by atoms with Gasteiger partial charge in [-0.3, -0.25) is 0 Å². The number of hydrogen-bond donors (Lipinski definition) is 0. The highest BCUT2D eigenvalue weighted by atomic mass is 14.4. The van der Waals surface area contributed by atoms with E-state index in [2.05, 4.69) is 22.6 Å². The molecule has 2 heteroatoms. The van der Waals surface area contributed by atoms with Crippen LogP contribution in [0.1, 0.15) is 32.6 Å². The first-order valence-electron chi connectivity index (χ1n) is 5.05. The van der Waals surface area contributed by atoms with Crippen molar-refractivity contribution in [2.75, 3.05) is 0 Å². The van der Waals surface area contributed by atoms with Gasteiger partial charge in [-0.05, 0) is 43.4 Å². The van der Waals surface area contributed by atoms with E-state index in [-0.39, 0.29) is 0 Å². The Hall–Kier alpha value is 0.130. The van der Waals surface area contributed by atoms with Gasteiger partial charge in [-0.2, -0.15) is 0 Å². The zero-order chi connectivity index (χ0) is 8.06. The molecule has 0 radical (unpaired) electrons. The van der Waals surface area contributed by atoms with Crippen molar-refractivity contribution < 1.29 is 0 Å². The highest BCUT2D eigenvalue weighted by Crippen LogP contribution is 2.53. The molecular formula is C9H18B2. The molecule has 0 aromatic heterocycles. The minimum absolute atomic E-state index is 0.581. The summed E-state index contributed by atoms with van der Waals surface area (Å²) in [5, 5.41) is 0.581. The van der Waals surface area contributed by atoms with E-state index in [0.29, 0.717) is 5.21 Å². The molecule has 0 atom stereocenters. The van der Waals surface area contributed by atoms with Crippen LogP contribution in [0.4, 0.5) is 0 Å². The van der Waals surface area contributed by atoms with Crippen molar-refractivity contribution in [2.45, 2.75) is 37.8 Å². The van der Waals surface area contributed by atoms with Gasteiger partial charge >= 0.3 is 0 Å². The van der Waals surface area contributed by atoms with Crippen molar-refractivity contribution in [3.8, 4) is 0 Å². The number of rotatable bonds is 1. The summed E-state index contributed by atoms with van der Waals surface area (Å²) in [6, 6.07) is 0. The van der Waals surface area contributed by atoms with Gasteiger partial charge in [0.15, 0.2) is 0 Å². The van der Waals surface area contributed by atoms with Crippen molar-refractivity contribution in [2.24, 2.45) is 17.8 Å². The van der Waals surface area contributed by atoms with E-state index >= 15 is 0 Å². The maximum absolute atomic E-state index is 2.41. The Kier molecular flexibility index (Phi) is 1.63. The van der Waals surface area contributed by atoms with Gasteiger partial charge in [-0.15, -0.1) is 0 Å². The Bertz CT molecular complexity index is 143. The van der Waals surface area contributed by atoms with Crippen LogP contribution < -0.4 is 0 Å². The molecule has 11 heavy (non-hydrogen) atoms. The molecule has 0 N–H and O–H groups in total. The lowest BCUT2D eigenvalue weighted by Crippen LogP contribution is -2.38. The molecule has 60 valence electrons. The summed E-state index contributed by atoms with van der Waals surface area (Å²) in [7, 11) is 4.81. The molecule has 0 amide bonds. The molecule has 0 spiro atoms. The SMILES string of the molecule is BC(B)(C)C1CC2CC(C2)C1. The summed E-state index contributed by atoms with van der Waals surface area (Å²) >= 11 is 0. The third kappa shape index (κ3) is 1.37. The maximum Gasteiger partial charge on any atom is 0.0992 e. The Labute approximate surface area is 72.0 Å². The van der Waals surface area contributed by atoms with Crippen molar-refractivity contribution in [3.05, 3.63) is 0 Å². The summed E-state index contributed by atoms with van der Waals surface area (Å²) in [6.07, 6.45) is 6.18. The van der Waals surface area contributed by atoms with Crippen LogP contribution in [-0.4, -0.2) is 15.7 Å². The van der Waals surface area contributed by atoms with Crippen molar-refractivity contribution in [1.29, 1.82) is 0 Å². The summed E-state index contributed by atoms with van der Waals surface area (Å²) in [4.78, 5) is 0. The Morgan fingerprint density at radius 1 is 1.00 bits per heavy atom.